The van der Waals surface area contributed by atoms with Crippen LogP contribution in [0.3, 0.4) is 0 Å². The Balaban J connectivity index is 2.40. The van der Waals surface area contributed by atoms with Gasteiger partial charge in [-0.2, -0.15) is 0 Å². The van der Waals surface area contributed by atoms with Crippen molar-refractivity contribution >= 4 is 34.6 Å². The Labute approximate surface area is 128 Å². The Hall–Kier alpha value is -2.20. The van der Waals surface area contributed by atoms with Crippen molar-refractivity contribution in [2.45, 2.75) is 13.8 Å². The van der Waals surface area contributed by atoms with Crippen LogP contribution < -0.4 is 11.1 Å². The third-order valence-corrected chi connectivity index (χ3v) is 3.51. The number of nitrogen functional groups attached to an aromatic ring is 1. The predicted octanol–water partition coefficient (Wildman–Crippen LogP) is 4.07. The second-order valence-corrected chi connectivity index (χ2v) is 5.26. The fraction of sp³-hybridized carbons (Fsp3) is 0.188. The number of benzene rings is 2. The number of rotatable bonds is 3. The van der Waals surface area contributed by atoms with E-state index in [1.807, 2.05) is 38.1 Å². The maximum atomic E-state index is 11.7. The third kappa shape index (κ3) is 3.28. The molecule has 0 bridgehead atoms. The van der Waals surface area contributed by atoms with Gasteiger partial charge in [-0.1, -0.05) is 17.7 Å². The number of carbonyl (C=O) groups is 1. The molecule has 5 heteroatoms. The molecule has 0 aliphatic rings. The van der Waals surface area contributed by atoms with Gasteiger partial charge >= 0.3 is 5.97 Å². The van der Waals surface area contributed by atoms with Crippen molar-refractivity contribution in [3.8, 4) is 0 Å². The van der Waals surface area contributed by atoms with Gasteiger partial charge in [-0.25, -0.2) is 4.79 Å². The number of anilines is 3. The summed E-state index contributed by atoms with van der Waals surface area (Å²) in [5, 5.41) is 3.81. The molecule has 2 aromatic carbocycles. The summed E-state index contributed by atoms with van der Waals surface area (Å²) in [6.45, 7) is 3.81. The zero-order valence-corrected chi connectivity index (χ0v) is 12.9. The first kappa shape index (κ1) is 15.2. The Kier molecular flexibility index (Phi) is 4.38. The van der Waals surface area contributed by atoms with E-state index in [1.165, 1.54) is 7.11 Å². The Morgan fingerprint density at radius 1 is 1.24 bits per heavy atom. The zero-order chi connectivity index (χ0) is 15.6. The van der Waals surface area contributed by atoms with Crippen molar-refractivity contribution in [1.29, 1.82) is 0 Å². The van der Waals surface area contributed by atoms with Crippen LogP contribution in [-0.4, -0.2) is 13.1 Å². The summed E-state index contributed by atoms with van der Waals surface area (Å²) in [5.74, 6) is -0.464. The van der Waals surface area contributed by atoms with Crippen molar-refractivity contribution in [2.24, 2.45) is 0 Å². The molecule has 0 amide bonds. The van der Waals surface area contributed by atoms with Crippen molar-refractivity contribution < 1.29 is 9.53 Å². The first-order valence-corrected chi connectivity index (χ1v) is 6.81. The number of halogens is 1. The molecule has 110 valence electrons. The van der Waals surface area contributed by atoms with Crippen LogP contribution in [0.4, 0.5) is 17.1 Å². The van der Waals surface area contributed by atoms with Gasteiger partial charge in [-0.3, -0.25) is 0 Å². The van der Waals surface area contributed by atoms with Crippen LogP contribution in [0, 0.1) is 13.8 Å². The molecule has 0 atom stereocenters. The molecule has 0 heterocycles. The SMILES string of the molecule is COC(=O)c1cc(Nc2ccc(C)cc2Cl)cc(C)c1N. The van der Waals surface area contributed by atoms with E-state index in [1.54, 1.807) is 6.07 Å². The molecule has 2 aromatic rings. The van der Waals surface area contributed by atoms with E-state index >= 15 is 0 Å². The second kappa shape index (κ2) is 6.06. The number of nitrogens with one attached hydrogen (secondary N) is 1. The van der Waals surface area contributed by atoms with Crippen LogP contribution in [0.25, 0.3) is 0 Å². The molecular weight excluding hydrogens is 288 g/mol. The van der Waals surface area contributed by atoms with Gasteiger partial charge in [-0.05, 0) is 49.2 Å². The molecule has 0 aromatic heterocycles. The highest BCUT2D eigenvalue weighted by Gasteiger charge is 2.14. The lowest BCUT2D eigenvalue weighted by atomic mass is 10.1. The standard InChI is InChI=1S/C16H17ClN2O2/c1-9-4-5-14(13(17)6-9)19-11-7-10(2)15(18)12(8-11)16(20)21-3/h4-8,19H,18H2,1-3H3. The molecule has 2 rings (SSSR count). The Morgan fingerprint density at radius 2 is 1.95 bits per heavy atom. The maximum absolute atomic E-state index is 11.7. The highest BCUT2D eigenvalue weighted by atomic mass is 35.5. The van der Waals surface area contributed by atoms with Gasteiger partial charge in [0.15, 0.2) is 0 Å². The topological polar surface area (TPSA) is 64.3 Å². The number of hydrogen-bond donors (Lipinski definition) is 2. The molecule has 21 heavy (non-hydrogen) atoms. The largest absolute Gasteiger partial charge is 0.465 e. The fourth-order valence-corrected chi connectivity index (χ4v) is 2.31. The molecular formula is C16H17ClN2O2. The minimum absolute atomic E-state index is 0.336. The summed E-state index contributed by atoms with van der Waals surface area (Å²) in [4.78, 5) is 11.7. The summed E-state index contributed by atoms with van der Waals surface area (Å²) < 4.78 is 4.74. The summed E-state index contributed by atoms with van der Waals surface area (Å²) in [6, 6.07) is 9.23. The molecule has 0 aliphatic heterocycles. The van der Waals surface area contributed by atoms with Crippen LogP contribution in [0.15, 0.2) is 30.3 Å². The lowest BCUT2D eigenvalue weighted by Gasteiger charge is -2.13. The molecule has 0 saturated heterocycles. The number of hydrogen-bond acceptors (Lipinski definition) is 4. The smallest absolute Gasteiger partial charge is 0.340 e. The number of ether oxygens (including phenoxy) is 1. The minimum Gasteiger partial charge on any atom is -0.465 e. The van der Waals surface area contributed by atoms with E-state index in [0.29, 0.717) is 16.3 Å². The van der Waals surface area contributed by atoms with E-state index in [4.69, 9.17) is 22.1 Å². The van der Waals surface area contributed by atoms with Crippen LogP contribution in [0.5, 0.6) is 0 Å². The van der Waals surface area contributed by atoms with Gasteiger partial charge < -0.3 is 15.8 Å². The lowest BCUT2D eigenvalue weighted by Crippen LogP contribution is -2.08. The molecule has 4 nitrogen and oxygen atoms in total. The van der Waals surface area contributed by atoms with E-state index in [9.17, 15) is 4.79 Å². The van der Waals surface area contributed by atoms with Gasteiger partial charge in [0, 0.05) is 11.4 Å². The number of esters is 1. The number of nitrogens with two attached hydrogens (primary N) is 1. The monoisotopic (exact) mass is 304 g/mol. The fourth-order valence-electron chi connectivity index (χ4n) is 2.03. The maximum Gasteiger partial charge on any atom is 0.340 e. The van der Waals surface area contributed by atoms with E-state index in [2.05, 4.69) is 5.32 Å². The van der Waals surface area contributed by atoms with Crippen LogP contribution in [0.1, 0.15) is 21.5 Å². The van der Waals surface area contributed by atoms with E-state index < -0.39 is 5.97 Å². The summed E-state index contributed by atoms with van der Waals surface area (Å²) >= 11 is 6.20. The highest BCUT2D eigenvalue weighted by Crippen LogP contribution is 2.29. The van der Waals surface area contributed by atoms with Gasteiger partial charge in [0.25, 0.3) is 0 Å². The zero-order valence-electron chi connectivity index (χ0n) is 12.2. The van der Waals surface area contributed by atoms with Crippen LogP contribution in [-0.2, 0) is 4.74 Å². The normalized spacial score (nSPS) is 10.3. The van der Waals surface area contributed by atoms with Gasteiger partial charge in [0.1, 0.15) is 0 Å². The first-order valence-electron chi connectivity index (χ1n) is 6.44. The second-order valence-electron chi connectivity index (χ2n) is 4.85. The molecule has 0 spiro atoms. The Morgan fingerprint density at radius 3 is 2.57 bits per heavy atom. The van der Waals surface area contributed by atoms with E-state index in [-0.39, 0.29) is 0 Å². The summed E-state index contributed by atoms with van der Waals surface area (Å²) in [7, 11) is 1.33. The van der Waals surface area contributed by atoms with E-state index in [0.717, 1.165) is 22.5 Å². The van der Waals surface area contributed by atoms with Gasteiger partial charge in [0.05, 0.1) is 23.4 Å². The third-order valence-electron chi connectivity index (χ3n) is 3.20. The van der Waals surface area contributed by atoms with Crippen molar-refractivity contribution in [1.82, 2.24) is 0 Å². The molecule has 0 radical (unpaired) electrons. The number of aryl methyl sites for hydroxylation is 2. The molecule has 0 saturated carbocycles. The van der Waals surface area contributed by atoms with Crippen LogP contribution >= 0.6 is 11.6 Å². The minimum atomic E-state index is -0.464. The predicted molar refractivity (Wildman–Crippen MR) is 86.4 cm³/mol. The average molecular weight is 305 g/mol. The number of methoxy groups -OCH3 is 1. The molecule has 3 N–H and O–H groups in total. The van der Waals surface area contributed by atoms with Gasteiger partial charge in [0.2, 0.25) is 0 Å². The van der Waals surface area contributed by atoms with Crippen LogP contribution in [0.2, 0.25) is 5.02 Å². The quantitative estimate of drug-likeness (QED) is 0.663. The lowest BCUT2D eigenvalue weighted by molar-refractivity contribution is 0.0602. The van der Waals surface area contributed by atoms with Crippen molar-refractivity contribution in [3.05, 3.63) is 52.0 Å². The van der Waals surface area contributed by atoms with Crippen molar-refractivity contribution in [2.75, 3.05) is 18.2 Å². The summed E-state index contributed by atoms with van der Waals surface area (Å²) in [6.07, 6.45) is 0. The summed E-state index contributed by atoms with van der Waals surface area (Å²) in [5.41, 5.74) is 10.0. The molecule has 0 fully saturated rings. The number of carbonyl (C=O) groups excluding carboxylic acids is 1. The molecule has 0 aliphatic carbocycles. The highest BCUT2D eigenvalue weighted by molar-refractivity contribution is 6.33. The average Bonchev–Trinajstić information content (AvgIpc) is 2.44. The Bertz CT molecular complexity index is 699. The first-order chi connectivity index (χ1) is 9.92. The van der Waals surface area contributed by atoms with Gasteiger partial charge in [-0.15, -0.1) is 0 Å². The molecule has 0 unspecified atom stereocenters. The van der Waals surface area contributed by atoms with Crippen molar-refractivity contribution in [3.63, 3.8) is 0 Å².